The first kappa shape index (κ1) is 12.1. The summed E-state index contributed by atoms with van der Waals surface area (Å²) in [5.74, 6) is 0.775. The van der Waals surface area contributed by atoms with Crippen LogP contribution in [-0.2, 0) is 19.4 Å². The van der Waals surface area contributed by atoms with Gasteiger partial charge in [0, 0.05) is 4.88 Å². The SMILES string of the molecule is CCC(C)(C)C1CCc2nc(CO)sc2C1. The van der Waals surface area contributed by atoms with Crippen LogP contribution in [-0.4, -0.2) is 10.1 Å². The Labute approximate surface area is 102 Å². The van der Waals surface area contributed by atoms with Gasteiger partial charge in [-0.25, -0.2) is 4.98 Å². The van der Waals surface area contributed by atoms with E-state index < -0.39 is 0 Å². The normalized spacial score (nSPS) is 20.9. The van der Waals surface area contributed by atoms with Gasteiger partial charge in [0.05, 0.1) is 12.3 Å². The van der Waals surface area contributed by atoms with E-state index in [-0.39, 0.29) is 6.61 Å². The lowest BCUT2D eigenvalue weighted by Crippen LogP contribution is -2.28. The number of fused-ring (bicyclic) bond motifs is 1. The highest BCUT2D eigenvalue weighted by Gasteiger charge is 2.32. The molecule has 0 bridgehead atoms. The van der Waals surface area contributed by atoms with Crippen molar-refractivity contribution < 1.29 is 5.11 Å². The van der Waals surface area contributed by atoms with Crippen molar-refractivity contribution in [2.75, 3.05) is 0 Å². The quantitative estimate of drug-likeness (QED) is 0.879. The van der Waals surface area contributed by atoms with E-state index in [4.69, 9.17) is 5.11 Å². The minimum absolute atomic E-state index is 0.0967. The fourth-order valence-electron chi connectivity index (χ4n) is 2.45. The maximum Gasteiger partial charge on any atom is 0.119 e. The molecule has 2 nitrogen and oxygen atoms in total. The van der Waals surface area contributed by atoms with Gasteiger partial charge in [0.1, 0.15) is 5.01 Å². The van der Waals surface area contributed by atoms with Crippen LogP contribution in [0.5, 0.6) is 0 Å². The Bertz CT molecular complexity index is 370. The van der Waals surface area contributed by atoms with Crippen LogP contribution in [0.25, 0.3) is 0 Å². The van der Waals surface area contributed by atoms with Crippen LogP contribution < -0.4 is 0 Å². The maximum absolute atomic E-state index is 9.11. The third-order valence-corrected chi connectivity index (χ3v) is 5.24. The highest BCUT2D eigenvalue weighted by Crippen LogP contribution is 2.41. The zero-order valence-corrected chi connectivity index (χ0v) is 11.2. The number of hydrogen-bond acceptors (Lipinski definition) is 3. The first-order valence-electron chi connectivity index (χ1n) is 6.15. The van der Waals surface area contributed by atoms with Gasteiger partial charge in [-0.05, 0) is 30.6 Å². The van der Waals surface area contributed by atoms with E-state index >= 15 is 0 Å². The van der Waals surface area contributed by atoms with Crippen LogP contribution in [0, 0.1) is 11.3 Å². The van der Waals surface area contributed by atoms with Crippen LogP contribution in [0.2, 0.25) is 0 Å². The number of aromatic nitrogens is 1. The Kier molecular flexibility index (Phi) is 3.36. The first-order chi connectivity index (χ1) is 7.56. The average molecular weight is 239 g/mol. The number of hydrogen-bond donors (Lipinski definition) is 1. The zero-order chi connectivity index (χ0) is 11.8. The minimum atomic E-state index is 0.0967. The lowest BCUT2D eigenvalue weighted by Gasteiger charge is -2.35. The van der Waals surface area contributed by atoms with E-state index in [9.17, 15) is 0 Å². The number of aliphatic hydroxyl groups excluding tert-OH is 1. The van der Waals surface area contributed by atoms with Gasteiger partial charge in [-0.15, -0.1) is 11.3 Å². The molecule has 0 amide bonds. The fourth-order valence-corrected chi connectivity index (χ4v) is 3.51. The molecule has 1 aromatic heterocycles. The second kappa shape index (κ2) is 4.46. The van der Waals surface area contributed by atoms with Crippen molar-refractivity contribution in [3.8, 4) is 0 Å². The van der Waals surface area contributed by atoms with E-state index in [1.165, 1.54) is 23.4 Å². The predicted octanol–water partition coefficient (Wildman–Crippen LogP) is 3.18. The lowest BCUT2D eigenvalue weighted by molar-refractivity contribution is 0.183. The van der Waals surface area contributed by atoms with Crippen LogP contribution in [0.3, 0.4) is 0 Å². The summed E-state index contributed by atoms with van der Waals surface area (Å²) >= 11 is 1.70. The summed E-state index contributed by atoms with van der Waals surface area (Å²) in [5.41, 5.74) is 1.68. The van der Waals surface area contributed by atoms with Crippen LogP contribution in [0.4, 0.5) is 0 Å². The van der Waals surface area contributed by atoms with E-state index in [2.05, 4.69) is 25.8 Å². The third-order valence-electron chi connectivity index (χ3n) is 4.14. The molecule has 1 N–H and O–H groups in total. The van der Waals surface area contributed by atoms with Crippen molar-refractivity contribution in [3.63, 3.8) is 0 Å². The van der Waals surface area contributed by atoms with Crippen molar-refractivity contribution >= 4 is 11.3 Å². The second-order valence-electron chi connectivity index (χ2n) is 5.42. The molecule has 0 aliphatic heterocycles. The molecule has 0 spiro atoms. The molecule has 16 heavy (non-hydrogen) atoms. The Morgan fingerprint density at radius 1 is 1.50 bits per heavy atom. The predicted molar refractivity (Wildman–Crippen MR) is 67.6 cm³/mol. The molecular formula is C13H21NOS. The number of rotatable bonds is 3. The highest BCUT2D eigenvalue weighted by atomic mass is 32.1. The topological polar surface area (TPSA) is 33.1 Å². The van der Waals surface area contributed by atoms with Gasteiger partial charge in [-0.2, -0.15) is 0 Å². The van der Waals surface area contributed by atoms with Crippen molar-refractivity contribution in [1.82, 2.24) is 4.98 Å². The summed E-state index contributed by atoms with van der Waals surface area (Å²) in [5, 5.41) is 10.00. The van der Waals surface area contributed by atoms with Crippen molar-refractivity contribution in [3.05, 3.63) is 15.6 Å². The van der Waals surface area contributed by atoms with Gasteiger partial charge in [-0.1, -0.05) is 27.2 Å². The summed E-state index contributed by atoms with van der Waals surface area (Å²) in [7, 11) is 0. The Hall–Kier alpha value is -0.410. The molecule has 1 aromatic rings. The molecule has 3 heteroatoms. The average Bonchev–Trinajstić information content (AvgIpc) is 2.70. The summed E-state index contributed by atoms with van der Waals surface area (Å²) in [6.45, 7) is 7.12. The molecule has 0 fully saturated rings. The molecule has 0 radical (unpaired) electrons. The van der Waals surface area contributed by atoms with Gasteiger partial charge >= 0.3 is 0 Å². The van der Waals surface area contributed by atoms with Crippen molar-refractivity contribution in [1.29, 1.82) is 0 Å². The van der Waals surface area contributed by atoms with E-state index in [1.54, 1.807) is 11.3 Å². The molecule has 0 saturated heterocycles. The first-order valence-corrected chi connectivity index (χ1v) is 6.96. The van der Waals surface area contributed by atoms with Gasteiger partial charge in [0.2, 0.25) is 0 Å². The number of aliphatic hydroxyl groups is 1. The van der Waals surface area contributed by atoms with E-state index in [0.717, 1.165) is 23.8 Å². The summed E-state index contributed by atoms with van der Waals surface area (Å²) in [6, 6.07) is 0. The molecule has 90 valence electrons. The number of thiazole rings is 1. The fraction of sp³-hybridized carbons (Fsp3) is 0.769. The van der Waals surface area contributed by atoms with Crippen molar-refractivity contribution in [2.45, 2.75) is 53.1 Å². The zero-order valence-electron chi connectivity index (χ0n) is 10.4. The van der Waals surface area contributed by atoms with E-state index in [1.807, 2.05) is 0 Å². The minimum Gasteiger partial charge on any atom is -0.389 e. The molecule has 2 rings (SSSR count). The van der Waals surface area contributed by atoms with Gasteiger partial charge in [0.25, 0.3) is 0 Å². The van der Waals surface area contributed by atoms with Gasteiger partial charge in [-0.3, -0.25) is 0 Å². The number of nitrogens with zero attached hydrogens (tertiary/aromatic N) is 1. The molecule has 1 aliphatic rings. The standard InChI is InChI=1S/C13H21NOS/c1-4-13(2,3)9-5-6-10-11(7-9)16-12(8-15)14-10/h9,15H,4-8H2,1-3H3. The molecule has 0 saturated carbocycles. The molecule has 1 aliphatic carbocycles. The summed E-state index contributed by atoms with van der Waals surface area (Å²) in [6.07, 6.45) is 4.74. The summed E-state index contributed by atoms with van der Waals surface area (Å²) < 4.78 is 0. The molecular weight excluding hydrogens is 218 g/mol. The van der Waals surface area contributed by atoms with Crippen LogP contribution in [0.1, 0.15) is 49.2 Å². The third kappa shape index (κ3) is 2.16. The monoisotopic (exact) mass is 239 g/mol. The van der Waals surface area contributed by atoms with Crippen LogP contribution >= 0.6 is 11.3 Å². The Balaban J connectivity index is 2.17. The van der Waals surface area contributed by atoms with E-state index in [0.29, 0.717) is 5.41 Å². The van der Waals surface area contributed by atoms with Crippen LogP contribution in [0.15, 0.2) is 0 Å². The molecule has 0 aromatic carbocycles. The molecule has 1 atom stereocenters. The highest BCUT2D eigenvalue weighted by molar-refractivity contribution is 7.11. The Morgan fingerprint density at radius 3 is 2.88 bits per heavy atom. The molecule has 1 unspecified atom stereocenters. The summed E-state index contributed by atoms with van der Waals surface area (Å²) in [4.78, 5) is 5.90. The lowest BCUT2D eigenvalue weighted by atomic mass is 9.70. The van der Waals surface area contributed by atoms with Gasteiger partial charge < -0.3 is 5.11 Å². The Morgan fingerprint density at radius 2 is 2.25 bits per heavy atom. The largest absolute Gasteiger partial charge is 0.389 e. The smallest absolute Gasteiger partial charge is 0.119 e. The second-order valence-corrected chi connectivity index (χ2v) is 6.59. The van der Waals surface area contributed by atoms with Gasteiger partial charge in [0.15, 0.2) is 0 Å². The van der Waals surface area contributed by atoms with Crippen molar-refractivity contribution in [2.24, 2.45) is 11.3 Å². The maximum atomic E-state index is 9.11. The number of aryl methyl sites for hydroxylation is 1. The molecule has 1 heterocycles.